The van der Waals surface area contributed by atoms with E-state index >= 15 is 0 Å². The number of nitrogens with two attached hydrogens (primary N) is 1. The number of nitrogens with one attached hydrogen (secondary N) is 2. The van der Waals surface area contributed by atoms with E-state index in [0.717, 1.165) is 5.56 Å². The fraction of sp³-hybridized carbons (Fsp3) is 0.263. The van der Waals surface area contributed by atoms with Crippen LogP contribution >= 0.6 is 23.2 Å². The average molecular weight is 394 g/mol. The van der Waals surface area contributed by atoms with Gasteiger partial charge in [-0.2, -0.15) is 0 Å². The number of rotatable bonds is 5. The normalized spacial score (nSPS) is 11.9. The van der Waals surface area contributed by atoms with Crippen molar-refractivity contribution in [3.05, 3.63) is 57.6 Å². The number of amides is 2. The maximum atomic E-state index is 12.6. The lowest BCUT2D eigenvalue weighted by Crippen LogP contribution is -2.47. The maximum absolute atomic E-state index is 12.6. The molecule has 0 saturated heterocycles. The van der Waals surface area contributed by atoms with Crippen LogP contribution in [0.3, 0.4) is 0 Å². The predicted molar refractivity (Wildman–Crippen MR) is 107 cm³/mol. The minimum Gasteiger partial charge on any atom is -0.396 e. The summed E-state index contributed by atoms with van der Waals surface area (Å²) in [6.07, 6.45) is 0. The lowest BCUT2D eigenvalue weighted by atomic mass is 10.0. The van der Waals surface area contributed by atoms with Gasteiger partial charge in [-0.25, -0.2) is 0 Å². The molecule has 0 radical (unpaired) electrons. The smallest absolute Gasteiger partial charge is 0.251 e. The number of carbonyl (C=O) groups is 2. The average Bonchev–Trinajstić information content (AvgIpc) is 2.57. The fourth-order valence-corrected chi connectivity index (χ4v) is 2.83. The molecule has 0 aliphatic carbocycles. The van der Waals surface area contributed by atoms with E-state index in [2.05, 4.69) is 10.6 Å². The van der Waals surface area contributed by atoms with E-state index in [1.807, 2.05) is 32.9 Å². The SMILES string of the molecule is Cc1ccc(C(=O)N[C@H](C(=O)Nc2cc(Cl)c(N)c(Cl)c2)C(C)C)cc1. The lowest BCUT2D eigenvalue weighted by molar-refractivity contribution is -0.118. The quantitative estimate of drug-likeness (QED) is 0.662. The molecule has 0 saturated carbocycles. The van der Waals surface area contributed by atoms with Gasteiger partial charge in [-0.15, -0.1) is 0 Å². The van der Waals surface area contributed by atoms with E-state index in [0.29, 0.717) is 11.3 Å². The summed E-state index contributed by atoms with van der Waals surface area (Å²) in [5.74, 6) is -0.797. The topological polar surface area (TPSA) is 84.2 Å². The molecule has 7 heteroatoms. The minimum absolute atomic E-state index is 0.121. The number of nitrogen functional groups attached to an aromatic ring is 1. The van der Waals surface area contributed by atoms with Crippen molar-refractivity contribution >= 4 is 46.4 Å². The van der Waals surface area contributed by atoms with Gasteiger partial charge in [0.1, 0.15) is 6.04 Å². The highest BCUT2D eigenvalue weighted by Gasteiger charge is 2.25. The van der Waals surface area contributed by atoms with Gasteiger partial charge in [0.2, 0.25) is 5.91 Å². The molecule has 2 amide bonds. The highest BCUT2D eigenvalue weighted by atomic mass is 35.5. The summed E-state index contributed by atoms with van der Waals surface area (Å²) in [7, 11) is 0. The van der Waals surface area contributed by atoms with Crippen LogP contribution in [0.2, 0.25) is 10.0 Å². The van der Waals surface area contributed by atoms with E-state index in [-0.39, 0.29) is 33.5 Å². The second-order valence-electron chi connectivity index (χ2n) is 6.40. The lowest BCUT2D eigenvalue weighted by Gasteiger charge is -2.22. The third-order valence-corrected chi connectivity index (χ3v) is 4.52. The van der Waals surface area contributed by atoms with Crippen molar-refractivity contribution < 1.29 is 9.59 Å². The monoisotopic (exact) mass is 393 g/mol. The third kappa shape index (κ3) is 4.90. The van der Waals surface area contributed by atoms with Crippen LogP contribution in [0.4, 0.5) is 11.4 Å². The first-order valence-corrected chi connectivity index (χ1v) is 8.87. The Morgan fingerprint density at radius 3 is 2.08 bits per heavy atom. The van der Waals surface area contributed by atoms with Crippen LogP contribution in [0.25, 0.3) is 0 Å². The molecular formula is C19H21Cl2N3O2. The molecule has 2 aromatic carbocycles. The molecule has 0 aromatic heterocycles. The number of aryl methyl sites for hydroxylation is 1. The molecule has 0 heterocycles. The third-order valence-electron chi connectivity index (χ3n) is 3.90. The number of benzene rings is 2. The molecule has 0 aliphatic rings. The van der Waals surface area contributed by atoms with Crippen LogP contribution in [-0.4, -0.2) is 17.9 Å². The Kier molecular flexibility index (Phi) is 6.51. The zero-order valence-corrected chi connectivity index (χ0v) is 16.3. The van der Waals surface area contributed by atoms with Crippen LogP contribution in [0, 0.1) is 12.8 Å². The van der Waals surface area contributed by atoms with Gasteiger partial charge >= 0.3 is 0 Å². The molecule has 0 aliphatic heterocycles. The standard InChI is InChI=1S/C19H21Cl2N3O2/c1-10(2)17(24-18(25)12-6-4-11(3)5-7-12)19(26)23-13-8-14(20)16(22)15(21)9-13/h4-10,17H,22H2,1-3H3,(H,23,26)(H,24,25)/t17-/m0/s1. The maximum Gasteiger partial charge on any atom is 0.251 e. The highest BCUT2D eigenvalue weighted by Crippen LogP contribution is 2.31. The van der Waals surface area contributed by atoms with E-state index in [1.54, 1.807) is 12.1 Å². The molecule has 0 bridgehead atoms. The molecule has 2 aromatic rings. The Hall–Kier alpha value is -2.24. The van der Waals surface area contributed by atoms with Crippen molar-refractivity contribution in [2.75, 3.05) is 11.1 Å². The molecule has 2 rings (SSSR count). The van der Waals surface area contributed by atoms with Crippen LogP contribution in [0.1, 0.15) is 29.8 Å². The number of halogens is 2. The van der Waals surface area contributed by atoms with Crippen molar-refractivity contribution in [2.24, 2.45) is 5.92 Å². The van der Waals surface area contributed by atoms with E-state index < -0.39 is 6.04 Å². The molecule has 4 N–H and O–H groups in total. The fourth-order valence-electron chi connectivity index (χ4n) is 2.34. The Labute approximate surface area is 162 Å². The van der Waals surface area contributed by atoms with E-state index in [4.69, 9.17) is 28.9 Å². The molecule has 1 atom stereocenters. The summed E-state index contributed by atoms with van der Waals surface area (Å²) in [5, 5.41) is 5.99. The molecular weight excluding hydrogens is 373 g/mol. The number of carbonyl (C=O) groups excluding carboxylic acids is 2. The molecule has 138 valence electrons. The number of anilines is 2. The van der Waals surface area contributed by atoms with Crippen LogP contribution in [0.5, 0.6) is 0 Å². The van der Waals surface area contributed by atoms with Gasteiger partial charge in [0, 0.05) is 11.3 Å². The molecule has 5 nitrogen and oxygen atoms in total. The van der Waals surface area contributed by atoms with Crippen LogP contribution in [-0.2, 0) is 4.79 Å². The first-order valence-electron chi connectivity index (χ1n) is 8.12. The molecule has 0 unspecified atom stereocenters. The summed E-state index contributed by atoms with van der Waals surface area (Å²) < 4.78 is 0. The number of hydrogen-bond acceptors (Lipinski definition) is 3. The van der Waals surface area contributed by atoms with E-state index in [1.165, 1.54) is 12.1 Å². The van der Waals surface area contributed by atoms with Gasteiger partial charge in [0.25, 0.3) is 5.91 Å². The van der Waals surface area contributed by atoms with Gasteiger partial charge in [-0.3, -0.25) is 9.59 Å². The van der Waals surface area contributed by atoms with Crippen LogP contribution in [0.15, 0.2) is 36.4 Å². The Balaban J connectivity index is 2.14. The van der Waals surface area contributed by atoms with Crippen molar-refractivity contribution in [1.82, 2.24) is 5.32 Å². The zero-order chi connectivity index (χ0) is 19.4. The van der Waals surface area contributed by atoms with Gasteiger partial charge in [0.15, 0.2) is 0 Å². The first-order chi connectivity index (χ1) is 12.2. The molecule has 26 heavy (non-hydrogen) atoms. The summed E-state index contributed by atoms with van der Waals surface area (Å²) in [5.41, 5.74) is 7.90. The van der Waals surface area contributed by atoms with Gasteiger partial charge < -0.3 is 16.4 Å². The molecule has 0 spiro atoms. The van der Waals surface area contributed by atoms with E-state index in [9.17, 15) is 9.59 Å². The summed E-state index contributed by atoms with van der Waals surface area (Å²) in [6.45, 7) is 5.64. The van der Waals surface area contributed by atoms with Crippen molar-refractivity contribution in [3.8, 4) is 0 Å². The first kappa shape index (κ1) is 20.1. The Morgan fingerprint density at radius 2 is 1.58 bits per heavy atom. The van der Waals surface area contributed by atoms with Crippen molar-refractivity contribution in [2.45, 2.75) is 26.8 Å². The zero-order valence-electron chi connectivity index (χ0n) is 14.8. The summed E-state index contributed by atoms with van der Waals surface area (Å²) in [4.78, 5) is 25.1. The van der Waals surface area contributed by atoms with Crippen molar-refractivity contribution in [1.29, 1.82) is 0 Å². The summed E-state index contributed by atoms with van der Waals surface area (Å²) in [6, 6.07) is 9.44. The minimum atomic E-state index is -0.723. The van der Waals surface area contributed by atoms with Gasteiger partial charge in [-0.1, -0.05) is 54.7 Å². The second kappa shape index (κ2) is 8.43. The largest absolute Gasteiger partial charge is 0.396 e. The Bertz CT molecular complexity index is 797. The van der Waals surface area contributed by atoms with Gasteiger partial charge in [0.05, 0.1) is 15.7 Å². The molecule has 0 fully saturated rings. The van der Waals surface area contributed by atoms with Crippen LogP contribution < -0.4 is 16.4 Å². The number of hydrogen-bond donors (Lipinski definition) is 3. The Morgan fingerprint density at radius 1 is 1.04 bits per heavy atom. The summed E-state index contributed by atoms with van der Waals surface area (Å²) >= 11 is 12.0. The van der Waals surface area contributed by atoms with Crippen molar-refractivity contribution in [3.63, 3.8) is 0 Å². The van der Waals surface area contributed by atoms with Gasteiger partial charge in [-0.05, 0) is 37.1 Å². The highest BCUT2D eigenvalue weighted by molar-refractivity contribution is 6.39. The predicted octanol–water partition coefficient (Wildman–Crippen LogP) is 4.28. The second-order valence-corrected chi connectivity index (χ2v) is 7.22.